The van der Waals surface area contributed by atoms with E-state index in [-0.39, 0.29) is 42.4 Å². The Kier molecular flexibility index (Phi) is 8.41. The first-order valence-corrected chi connectivity index (χ1v) is 12.9. The lowest BCUT2D eigenvalue weighted by atomic mass is 9.93. The number of rotatable bonds is 7. The monoisotopic (exact) mass is 491 g/mol. The molecule has 2 aromatic rings. The smallest absolute Gasteiger partial charge is 0.259 e. The summed E-state index contributed by atoms with van der Waals surface area (Å²) in [4.78, 5) is 34.6. The molecule has 0 spiro atoms. The number of hydrogen-bond acceptors (Lipinski definition) is 5. The molecule has 7 heteroatoms. The Balaban J connectivity index is 1.61. The number of allylic oxidation sites excluding steroid dienone is 2. The highest BCUT2D eigenvalue weighted by Crippen LogP contribution is 2.32. The van der Waals surface area contributed by atoms with E-state index < -0.39 is 0 Å². The van der Waals surface area contributed by atoms with Crippen LogP contribution < -0.4 is 4.74 Å². The molecule has 0 radical (unpaired) electrons. The summed E-state index contributed by atoms with van der Waals surface area (Å²) in [5.41, 5.74) is 3.53. The zero-order valence-electron chi connectivity index (χ0n) is 21.5. The van der Waals surface area contributed by atoms with Crippen LogP contribution in [0.3, 0.4) is 0 Å². The lowest BCUT2D eigenvalue weighted by Gasteiger charge is -2.37. The number of carbonyl (C=O) groups is 2. The second-order valence-electron chi connectivity index (χ2n) is 10.1. The molecule has 1 aromatic heterocycles. The molecule has 2 heterocycles. The number of benzene rings is 1. The number of hydrogen-bond donors (Lipinski definition) is 1. The summed E-state index contributed by atoms with van der Waals surface area (Å²) in [6.07, 6.45) is 8.30. The summed E-state index contributed by atoms with van der Waals surface area (Å²) in [6.45, 7) is 4.51. The van der Waals surface area contributed by atoms with Gasteiger partial charge in [0.15, 0.2) is 0 Å². The third-order valence-corrected chi connectivity index (χ3v) is 7.26. The third-order valence-electron chi connectivity index (χ3n) is 7.26. The molecule has 7 nitrogen and oxygen atoms in total. The summed E-state index contributed by atoms with van der Waals surface area (Å²) in [5.74, 6) is 0.0287. The van der Waals surface area contributed by atoms with Gasteiger partial charge in [0, 0.05) is 25.7 Å². The zero-order chi connectivity index (χ0) is 25.7. The Morgan fingerprint density at radius 3 is 2.75 bits per heavy atom. The standard InChI is InChI=1S/C29H37N3O4/c1-20-17-32(21(2)19-33)29(35)25-15-24(23-12-8-5-9-13-23)16-30-28(25)36-26(20)18-31(3)27(34)14-22-10-6-4-7-11-22/h4,6-7,10-12,15-16,20-21,26,33H,5,8-9,13-14,17-19H2,1-3H3/t20-,21-,26+/m0/s1. The minimum Gasteiger partial charge on any atom is -0.472 e. The van der Waals surface area contributed by atoms with Gasteiger partial charge in [-0.2, -0.15) is 0 Å². The molecule has 1 N–H and O–H groups in total. The molecule has 0 saturated heterocycles. The molecule has 4 rings (SSSR count). The van der Waals surface area contributed by atoms with Crippen LogP contribution in [-0.4, -0.2) is 70.6 Å². The van der Waals surface area contributed by atoms with Gasteiger partial charge in [0.05, 0.1) is 25.6 Å². The minimum absolute atomic E-state index is 0.00323. The molecule has 3 atom stereocenters. The Bertz CT molecular complexity index is 1100. The van der Waals surface area contributed by atoms with Gasteiger partial charge in [-0.25, -0.2) is 4.98 Å². The molecule has 0 unspecified atom stereocenters. The average molecular weight is 492 g/mol. The van der Waals surface area contributed by atoms with Gasteiger partial charge >= 0.3 is 0 Å². The van der Waals surface area contributed by atoms with E-state index in [9.17, 15) is 14.7 Å². The predicted molar refractivity (Wildman–Crippen MR) is 140 cm³/mol. The molecule has 2 aliphatic rings. The highest BCUT2D eigenvalue weighted by atomic mass is 16.5. The third kappa shape index (κ3) is 5.95. The number of nitrogens with zero attached hydrogens (tertiary/aromatic N) is 3. The molecule has 36 heavy (non-hydrogen) atoms. The Morgan fingerprint density at radius 1 is 1.28 bits per heavy atom. The number of ether oxygens (including phenoxy) is 1. The maximum absolute atomic E-state index is 13.6. The highest BCUT2D eigenvalue weighted by molar-refractivity contribution is 5.97. The number of fused-ring (bicyclic) bond motifs is 1. The number of aromatic nitrogens is 1. The molecule has 0 fully saturated rings. The van der Waals surface area contributed by atoms with Crippen LogP contribution in [0, 0.1) is 5.92 Å². The Labute approximate surface area is 213 Å². The van der Waals surface area contributed by atoms with Crippen molar-refractivity contribution in [3.05, 3.63) is 65.4 Å². The number of aliphatic hydroxyl groups is 1. The van der Waals surface area contributed by atoms with Crippen molar-refractivity contribution >= 4 is 17.4 Å². The molecule has 0 saturated carbocycles. The largest absolute Gasteiger partial charge is 0.472 e. The van der Waals surface area contributed by atoms with Gasteiger partial charge < -0.3 is 19.6 Å². The summed E-state index contributed by atoms with van der Waals surface area (Å²) >= 11 is 0. The van der Waals surface area contributed by atoms with E-state index in [2.05, 4.69) is 11.1 Å². The fourth-order valence-corrected chi connectivity index (χ4v) is 4.87. The number of likely N-dealkylation sites (N-methyl/N-ethyl adjacent to an activating group) is 1. The maximum Gasteiger partial charge on any atom is 0.259 e. The normalized spacial score (nSPS) is 20.9. The van der Waals surface area contributed by atoms with Crippen LogP contribution in [0.5, 0.6) is 5.88 Å². The zero-order valence-corrected chi connectivity index (χ0v) is 21.5. The van der Waals surface area contributed by atoms with Crippen LogP contribution in [0.1, 0.15) is 61.0 Å². The van der Waals surface area contributed by atoms with E-state index in [4.69, 9.17) is 4.74 Å². The second kappa shape index (κ2) is 11.7. The van der Waals surface area contributed by atoms with Gasteiger partial charge in [0.25, 0.3) is 5.91 Å². The quantitative estimate of drug-likeness (QED) is 0.634. The SMILES string of the molecule is C[C@H]1CN([C@@H](C)CO)C(=O)c2cc(C3=CCCCC3)cnc2O[C@@H]1CN(C)C(=O)Cc1ccccc1. The van der Waals surface area contributed by atoms with Crippen molar-refractivity contribution in [3.8, 4) is 5.88 Å². The predicted octanol–water partition coefficient (Wildman–Crippen LogP) is 3.96. The van der Waals surface area contributed by atoms with Crippen LogP contribution in [0.15, 0.2) is 48.7 Å². The number of pyridine rings is 1. The second-order valence-corrected chi connectivity index (χ2v) is 10.1. The van der Waals surface area contributed by atoms with Crippen LogP contribution in [0.4, 0.5) is 0 Å². The molecule has 1 aromatic carbocycles. The average Bonchev–Trinajstić information content (AvgIpc) is 2.91. The van der Waals surface area contributed by atoms with Crippen molar-refractivity contribution in [2.75, 3.05) is 26.7 Å². The van der Waals surface area contributed by atoms with Crippen molar-refractivity contribution in [1.82, 2.24) is 14.8 Å². The summed E-state index contributed by atoms with van der Waals surface area (Å²) in [5, 5.41) is 9.88. The molecule has 2 amide bonds. The van der Waals surface area contributed by atoms with E-state index in [0.717, 1.165) is 30.4 Å². The lowest BCUT2D eigenvalue weighted by Crippen LogP contribution is -2.50. The van der Waals surface area contributed by atoms with Crippen molar-refractivity contribution < 1.29 is 19.4 Å². The number of aliphatic hydroxyl groups excluding tert-OH is 1. The van der Waals surface area contributed by atoms with Gasteiger partial charge in [-0.05, 0) is 55.4 Å². The molecule has 1 aliphatic carbocycles. The molecular formula is C29H37N3O4. The topological polar surface area (TPSA) is 83.0 Å². The first-order valence-electron chi connectivity index (χ1n) is 12.9. The lowest BCUT2D eigenvalue weighted by molar-refractivity contribution is -0.130. The Hall–Kier alpha value is -3.19. The highest BCUT2D eigenvalue weighted by Gasteiger charge is 2.35. The summed E-state index contributed by atoms with van der Waals surface area (Å²) < 4.78 is 6.36. The van der Waals surface area contributed by atoms with Crippen molar-refractivity contribution in [2.24, 2.45) is 5.92 Å². The van der Waals surface area contributed by atoms with Gasteiger partial charge in [0.2, 0.25) is 11.8 Å². The first kappa shape index (κ1) is 25.9. The van der Waals surface area contributed by atoms with E-state index in [1.807, 2.05) is 50.2 Å². The van der Waals surface area contributed by atoms with Crippen molar-refractivity contribution in [2.45, 2.75) is 58.1 Å². The molecule has 0 bridgehead atoms. The summed E-state index contributed by atoms with van der Waals surface area (Å²) in [7, 11) is 1.78. The summed E-state index contributed by atoms with van der Waals surface area (Å²) in [6, 6.07) is 11.2. The van der Waals surface area contributed by atoms with E-state index in [1.54, 1.807) is 23.0 Å². The van der Waals surface area contributed by atoms with Gasteiger partial charge in [-0.15, -0.1) is 0 Å². The number of amides is 2. The molecule has 1 aliphatic heterocycles. The van der Waals surface area contributed by atoms with E-state index in [1.165, 1.54) is 12.0 Å². The molecular weight excluding hydrogens is 454 g/mol. The first-order chi connectivity index (χ1) is 17.4. The van der Waals surface area contributed by atoms with Crippen molar-refractivity contribution in [1.29, 1.82) is 0 Å². The molecule has 192 valence electrons. The fourth-order valence-electron chi connectivity index (χ4n) is 4.87. The minimum atomic E-state index is -0.359. The van der Waals surface area contributed by atoms with Crippen LogP contribution >= 0.6 is 0 Å². The van der Waals surface area contributed by atoms with Gasteiger partial charge in [-0.1, -0.05) is 43.3 Å². The number of carbonyl (C=O) groups excluding carboxylic acids is 2. The van der Waals surface area contributed by atoms with Crippen LogP contribution in [0.25, 0.3) is 5.57 Å². The van der Waals surface area contributed by atoms with Crippen molar-refractivity contribution in [3.63, 3.8) is 0 Å². The van der Waals surface area contributed by atoms with Crippen LogP contribution in [0.2, 0.25) is 0 Å². The van der Waals surface area contributed by atoms with Crippen LogP contribution in [-0.2, 0) is 11.2 Å². The van der Waals surface area contributed by atoms with E-state index in [0.29, 0.717) is 25.1 Å². The fraction of sp³-hybridized carbons (Fsp3) is 0.483. The maximum atomic E-state index is 13.6. The van der Waals surface area contributed by atoms with E-state index >= 15 is 0 Å². The van der Waals surface area contributed by atoms with Gasteiger partial charge in [0.1, 0.15) is 11.7 Å². The Morgan fingerprint density at radius 2 is 2.06 bits per heavy atom. The van der Waals surface area contributed by atoms with Gasteiger partial charge in [-0.3, -0.25) is 9.59 Å².